The summed E-state index contributed by atoms with van der Waals surface area (Å²) in [6.45, 7) is 13.4. The highest BCUT2D eigenvalue weighted by atomic mass is 16.3. The first-order chi connectivity index (χ1) is 32.0. The number of aliphatic hydroxyl groups excluding tert-OH is 2. The van der Waals surface area contributed by atoms with Crippen LogP contribution in [-0.2, 0) is 0 Å². The molecule has 1 aromatic heterocycles. The number of benzene rings is 7. The first-order valence-corrected chi connectivity index (χ1v) is 21.8. The Kier molecular flexibility index (Phi) is 15.0. The minimum Gasteiger partial charge on any atom is -0.455 e. The molecule has 0 amide bonds. The molecule has 1 heterocycles. The van der Waals surface area contributed by atoms with E-state index in [1.807, 2.05) is 12.1 Å². The molecule has 0 aliphatic heterocycles. The molecule has 0 spiro atoms. The van der Waals surface area contributed by atoms with Crippen molar-refractivity contribution in [2.24, 2.45) is 0 Å². The van der Waals surface area contributed by atoms with Crippen LogP contribution in [-0.4, -0.2) is 24.4 Å². The molecular formula is C61H55NO3. The van der Waals surface area contributed by atoms with Gasteiger partial charge in [0, 0.05) is 47.5 Å². The van der Waals surface area contributed by atoms with Crippen LogP contribution in [0.1, 0.15) is 37.0 Å². The molecule has 65 heavy (non-hydrogen) atoms. The van der Waals surface area contributed by atoms with Gasteiger partial charge in [0.25, 0.3) is 0 Å². The van der Waals surface area contributed by atoms with E-state index in [-0.39, 0.29) is 0 Å². The number of aliphatic hydroxyl groups is 2. The lowest BCUT2D eigenvalue weighted by atomic mass is 9.94. The van der Waals surface area contributed by atoms with Crippen LogP contribution in [0, 0.1) is 0 Å². The molecule has 4 heteroatoms. The third-order valence-electron chi connectivity index (χ3n) is 11.5. The van der Waals surface area contributed by atoms with Crippen molar-refractivity contribution in [3.8, 4) is 22.3 Å². The number of para-hydroxylation sites is 2. The van der Waals surface area contributed by atoms with Gasteiger partial charge in [0.15, 0.2) is 0 Å². The number of furan rings is 1. The summed E-state index contributed by atoms with van der Waals surface area (Å²) in [5.41, 5.74) is 15.5. The van der Waals surface area contributed by atoms with Gasteiger partial charge >= 0.3 is 0 Å². The highest BCUT2D eigenvalue weighted by molar-refractivity contribution is 6.11. The molecule has 7 aromatic carbocycles. The molecule has 0 saturated carbocycles. The molecule has 4 nitrogen and oxygen atoms in total. The number of nitrogens with zero attached hydrogens (tertiary/aromatic N) is 1. The summed E-state index contributed by atoms with van der Waals surface area (Å²) in [5.74, 6) is 0. The highest BCUT2D eigenvalue weighted by Crippen LogP contribution is 2.44. The van der Waals surface area contributed by atoms with Gasteiger partial charge in [-0.1, -0.05) is 201 Å². The number of rotatable bonds is 11. The second-order valence-corrected chi connectivity index (χ2v) is 15.2. The fraction of sp³-hybridized carbons (Fsp3) is 0.0820. The SMILES string of the molecule is C=C(/C=C\C(=C/C)N(C(/C=C\C(=C)c1cccc2ccccc12)=C/C)c1cc(-c2ccccc2)ccc1-c1cccc2c1oc1ccccc12)C1=CCC=Cc2ccccc21.CO.CO. The lowest BCUT2D eigenvalue weighted by molar-refractivity contribution is 0.399. The first kappa shape index (κ1) is 45.3. The van der Waals surface area contributed by atoms with Gasteiger partial charge in [-0.25, -0.2) is 0 Å². The zero-order valence-corrected chi connectivity index (χ0v) is 37.6. The Morgan fingerprint density at radius 2 is 1.17 bits per heavy atom. The molecule has 0 radical (unpaired) electrons. The standard InChI is InChI=1S/C59H47NO.2CH4O/c1-5-47(37-34-41(3)49-26-13-10-22-44-23-11-14-27-51(44)49)60(48(6-2)38-35-42(4)50-30-18-25-45-24-12-15-28-52(45)50)57-40-46(43-20-8-7-9-21-43)36-39-53(57)55-31-19-32-56-54-29-16-17-33-58(54)61-59(55)56;2*1-2/h5-12,14-40H,3-4,13H2,1-2H3;2*2H,1H3/b37-34-,38-35-,47-5+,48-6+;;. The van der Waals surface area contributed by atoms with Gasteiger partial charge in [-0.3, -0.25) is 0 Å². The average molecular weight is 850 g/mol. The zero-order chi connectivity index (χ0) is 45.7. The maximum Gasteiger partial charge on any atom is 0.143 e. The third kappa shape index (κ3) is 9.61. The Hall–Kier alpha value is -7.76. The van der Waals surface area contributed by atoms with Crippen LogP contribution in [0.5, 0.6) is 0 Å². The summed E-state index contributed by atoms with van der Waals surface area (Å²) in [7, 11) is 2.00. The number of allylic oxidation sites excluding steroid dienone is 11. The smallest absolute Gasteiger partial charge is 0.143 e. The van der Waals surface area contributed by atoms with Crippen LogP contribution in [0.2, 0.25) is 0 Å². The van der Waals surface area contributed by atoms with Crippen LogP contribution in [0.3, 0.4) is 0 Å². The summed E-state index contributed by atoms with van der Waals surface area (Å²) in [6, 6.07) is 55.5. The van der Waals surface area contributed by atoms with Crippen molar-refractivity contribution in [2.75, 3.05) is 19.1 Å². The van der Waals surface area contributed by atoms with Crippen LogP contribution < -0.4 is 4.90 Å². The maximum absolute atomic E-state index is 7.00. The summed E-state index contributed by atoms with van der Waals surface area (Å²) in [6.07, 6.45) is 20.6. The minimum atomic E-state index is 0.844. The van der Waals surface area contributed by atoms with Crippen molar-refractivity contribution in [3.63, 3.8) is 0 Å². The molecule has 0 unspecified atom stereocenters. The van der Waals surface area contributed by atoms with Crippen molar-refractivity contribution < 1.29 is 14.6 Å². The van der Waals surface area contributed by atoms with Gasteiger partial charge in [0.1, 0.15) is 11.2 Å². The predicted octanol–water partition coefficient (Wildman–Crippen LogP) is 15.8. The van der Waals surface area contributed by atoms with Gasteiger partial charge in [-0.2, -0.15) is 0 Å². The summed E-state index contributed by atoms with van der Waals surface area (Å²) >= 11 is 0. The van der Waals surface area contributed by atoms with Gasteiger partial charge in [0.2, 0.25) is 0 Å². The molecule has 1 aliphatic rings. The molecule has 0 bridgehead atoms. The molecule has 0 fully saturated rings. The molecule has 322 valence electrons. The Morgan fingerprint density at radius 1 is 0.554 bits per heavy atom. The maximum atomic E-state index is 7.00. The molecule has 8 aromatic rings. The van der Waals surface area contributed by atoms with Crippen LogP contribution >= 0.6 is 0 Å². The number of hydrogen-bond acceptors (Lipinski definition) is 4. The summed E-state index contributed by atoms with van der Waals surface area (Å²) in [5, 5.41) is 18.6. The Bertz CT molecular complexity index is 3160. The van der Waals surface area contributed by atoms with Crippen molar-refractivity contribution in [2.45, 2.75) is 20.3 Å². The number of hydrogen-bond donors (Lipinski definition) is 2. The normalized spacial score (nSPS) is 12.6. The van der Waals surface area contributed by atoms with E-state index in [2.05, 4.69) is 232 Å². The molecule has 0 atom stereocenters. The Labute approximate surface area is 383 Å². The second-order valence-electron chi connectivity index (χ2n) is 15.2. The monoisotopic (exact) mass is 849 g/mol. The third-order valence-corrected chi connectivity index (χ3v) is 11.5. The molecule has 1 aliphatic carbocycles. The zero-order valence-electron chi connectivity index (χ0n) is 37.6. The highest BCUT2D eigenvalue weighted by Gasteiger charge is 2.22. The number of anilines is 1. The van der Waals surface area contributed by atoms with E-state index in [4.69, 9.17) is 14.6 Å². The van der Waals surface area contributed by atoms with Gasteiger partial charge in [-0.05, 0) is 99.9 Å². The van der Waals surface area contributed by atoms with Crippen LogP contribution in [0.25, 0.3) is 72.2 Å². The van der Waals surface area contributed by atoms with Gasteiger partial charge in [-0.15, -0.1) is 0 Å². The first-order valence-electron chi connectivity index (χ1n) is 21.8. The topological polar surface area (TPSA) is 56.8 Å². The largest absolute Gasteiger partial charge is 0.455 e. The Morgan fingerprint density at radius 3 is 1.94 bits per heavy atom. The van der Waals surface area contributed by atoms with Crippen LogP contribution in [0.15, 0.2) is 241 Å². The van der Waals surface area contributed by atoms with Crippen molar-refractivity contribution in [3.05, 3.63) is 253 Å². The molecule has 0 saturated heterocycles. The van der Waals surface area contributed by atoms with E-state index in [1.54, 1.807) is 0 Å². The fourth-order valence-corrected chi connectivity index (χ4v) is 8.48. The van der Waals surface area contributed by atoms with Crippen molar-refractivity contribution in [1.82, 2.24) is 0 Å². The van der Waals surface area contributed by atoms with Gasteiger partial charge < -0.3 is 19.5 Å². The Balaban J connectivity index is 0.00000153. The fourth-order valence-electron chi connectivity index (χ4n) is 8.48. The van der Waals surface area contributed by atoms with E-state index in [9.17, 15) is 0 Å². The van der Waals surface area contributed by atoms with E-state index in [1.165, 1.54) is 21.9 Å². The lowest BCUT2D eigenvalue weighted by Gasteiger charge is -2.30. The lowest BCUT2D eigenvalue weighted by Crippen LogP contribution is -2.21. The second kappa shape index (κ2) is 21.5. The van der Waals surface area contributed by atoms with E-state index < -0.39 is 0 Å². The molecule has 2 N–H and O–H groups in total. The number of fused-ring (bicyclic) bond motifs is 5. The van der Waals surface area contributed by atoms with Crippen molar-refractivity contribution >= 4 is 55.6 Å². The van der Waals surface area contributed by atoms with E-state index in [0.717, 1.165) is 104 Å². The average Bonchev–Trinajstić information content (AvgIpc) is 3.62. The van der Waals surface area contributed by atoms with Crippen molar-refractivity contribution in [1.29, 1.82) is 0 Å². The molecule has 9 rings (SSSR count). The summed E-state index contributed by atoms with van der Waals surface area (Å²) in [4.78, 5) is 2.36. The van der Waals surface area contributed by atoms with Gasteiger partial charge in [0.05, 0.1) is 5.69 Å². The van der Waals surface area contributed by atoms with E-state index >= 15 is 0 Å². The quantitative estimate of drug-likeness (QED) is 0.127. The van der Waals surface area contributed by atoms with E-state index in [0.29, 0.717) is 0 Å². The van der Waals surface area contributed by atoms with Crippen LogP contribution in [0.4, 0.5) is 5.69 Å². The predicted molar refractivity (Wildman–Crippen MR) is 279 cm³/mol. The minimum absolute atomic E-state index is 0.844. The molecular weight excluding hydrogens is 795 g/mol. The summed E-state index contributed by atoms with van der Waals surface area (Å²) < 4.78 is 6.70.